The van der Waals surface area contributed by atoms with Crippen molar-refractivity contribution in [2.45, 2.75) is 103 Å². The average molecular weight is 623 g/mol. The molecule has 6 aliphatic rings. The third kappa shape index (κ3) is 5.46. The average Bonchev–Trinajstić information content (AvgIpc) is 3.41. The topological polar surface area (TPSA) is 99.5 Å². The number of aliphatic hydroxyl groups is 2. The van der Waals surface area contributed by atoms with Crippen molar-refractivity contribution in [1.82, 2.24) is 9.80 Å². The number of carbonyl (C=O) groups is 2. The smallest absolute Gasteiger partial charge is 0.267 e. The summed E-state index contributed by atoms with van der Waals surface area (Å²) in [6.07, 6.45) is 8.86. The molecule has 2 amide bonds. The zero-order valence-electron chi connectivity index (χ0n) is 27.5. The van der Waals surface area contributed by atoms with Gasteiger partial charge in [0.15, 0.2) is 11.5 Å². The fourth-order valence-electron chi connectivity index (χ4n) is 11.4. The second-order valence-corrected chi connectivity index (χ2v) is 16.0. The molecule has 11 atom stereocenters. The lowest BCUT2D eigenvalue weighted by Crippen LogP contribution is -2.58. The summed E-state index contributed by atoms with van der Waals surface area (Å²) in [6, 6.07) is 7.42. The molecule has 5 fully saturated rings. The van der Waals surface area contributed by atoms with Gasteiger partial charge in [-0.25, -0.2) is 0 Å². The summed E-state index contributed by atoms with van der Waals surface area (Å²) >= 11 is 0. The Bertz CT molecular complexity index is 1270. The Labute approximate surface area is 268 Å². The highest BCUT2D eigenvalue weighted by Crippen LogP contribution is 2.68. The standard InChI is InChI=1S/C37H54N2O6/c1-23(8-11-33(42)38-16-18-39(19-17-38)35(43)32-22-44-30-6-4-5-7-31(30)45-32)26-9-10-27-34-28(13-15-37(26,27)3)36(2)14-12-25(40)20-24(36)21-29(34)41/h4-7,23-29,32,34,40-41H,8-22H2,1-3H3/t23-,24+,25-,26-,27+,28+,29+,32?,34+,36+,37-/m1/s1. The predicted octanol–water partition coefficient (Wildman–Crippen LogP) is 4.90. The molecule has 7 rings (SSSR count). The largest absolute Gasteiger partial charge is 0.485 e. The number of rotatable bonds is 5. The minimum Gasteiger partial charge on any atom is -0.485 e. The number of amides is 2. The van der Waals surface area contributed by atoms with Gasteiger partial charge in [-0.3, -0.25) is 9.59 Å². The number of para-hydroxylation sites is 2. The molecule has 2 aliphatic heterocycles. The molecule has 2 N–H and O–H groups in total. The van der Waals surface area contributed by atoms with Crippen LogP contribution < -0.4 is 9.47 Å². The molecule has 0 radical (unpaired) electrons. The molecule has 1 aromatic rings. The highest BCUT2D eigenvalue weighted by atomic mass is 16.6. The number of benzene rings is 1. The molecule has 1 saturated heterocycles. The third-order valence-corrected chi connectivity index (χ3v) is 14.0. The fraction of sp³-hybridized carbons (Fsp3) is 0.784. The van der Waals surface area contributed by atoms with Crippen LogP contribution in [0.3, 0.4) is 0 Å². The molecule has 8 heteroatoms. The van der Waals surface area contributed by atoms with Crippen LogP contribution in [0.1, 0.15) is 85.0 Å². The van der Waals surface area contributed by atoms with E-state index in [4.69, 9.17) is 9.47 Å². The lowest BCUT2D eigenvalue weighted by Gasteiger charge is -2.62. The number of carbonyl (C=O) groups excluding carboxylic acids is 2. The molecule has 8 nitrogen and oxygen atoms in total. The van der Waals surface area contributed by atoms with E-state index in [9.17, 15) is 19.8 Å². The molecule has 1 unspecified atom stereocenters. The van der Waals surface area contributed by atoms with E-state index >= 15 is 0 Å². The van der Waals surface area contributed by atoms with E-state index in [1.165, 1.54) is 25.7 Å². The summed E-state index contributed by atoms with van der Waals surface area (Å²) in [5.74, 6) is 4.37. The van der Waals surface area contributed by atoms with Crippen molar-refractivity contribution in [3.05, 3.63) is 24.3 Å². The molecule has 0 spiro atoms. The third-order valence-electron chi connectivity index (χ3n) is 14.0. The van der Waals surface area contributed by atoms with Crippen LogP contribution in [-0.2, 0) is 9.59 Å². The first-order chi connectivity index (χ1) is 21.6. The van der Waals surface area contributed by atoms with E-state index in [0.717, 1.165) is 32.1 Å². The van der Waals surface area contributed by atoms with E-state index in [1.54, 1.807) is 0 Å². The quantitative estimate of drug-likeness (QED) is 0.485. The Morgan fingerprint density at radius 1 is 0.911 bits per heavy atom. The number of piperazine rings is 1. The Kier molecular flexibility index (Phi) is 8.37. The number of fused-ring (bicyclic) bond motifs is 6. The summed E-state index contributed by atoms with van der Waals surface area (Å²) in [4.78, 5) is 30.2. The highest BCUT2D eigenvalue weighted by molar-refractivity contribution is 5.82. The van der Waals surface area contributed by atoms with Crippen LogP contribution in [0, 0.1) is 46.3 Å². The van der Waals surface area contributed by atoms with Gasteiger partial charge in [-0.05, 0) is 116 Å². The molecular formula is C37H54N2O6. The molecule has 4 aliphatic carbocycles. The van der Waals surface area contributed by atoms with Crippen molar-refractivity contribution in [2.24, 2.45) is 46.3 Å². The Balaban J connectivity index is 0.909. The number of hydrogen-bond donors (Lipinski definition) is 2. The van der Waals surface area contributed by atoms with E-state index in [0.29, 0.717) is 79.6 Å². The zero-order valence-corrected chi connectivity index (χ0v) is 27.5. The van der Waals surface area contributed by atoms with Crippen molar-refractivity contribution in [2.75, 3.05) is 32.8 Å². The van der Waals surface area contributed by atoms with Gasteiger partial charge in [0.25, 0.3) is 5.91 Å². The SMILES string of the molecule is C[C@H](CCC(=O)N1CCN(C(=O)C2COc3ccccc3O2)CC1)[C@H]1CC[C@H]2[C@@H]3[C@@H](O)C[C@@H]4C[C@H](O)CC[C@]4(C)[C@H]3CC[C@]12C. The first kappa shape index (κ1) is 31.3. The number of hydrogen-bond acceptors (Lipinski definition) is 6. The summed E-state index contributed by atoms with van der Waals surface area (Å²) in [6.45, 7) is 9.71. The van der Waals surface area contributed by atoms with Gasteiger partial charge in [-0.1, -0.05) is 32.9 Å². The van der Waals surface area contributed by atoms with Crippen molar-refractivity contribution in [1.29, 1.82) is 0 Å². The van der Waals surface area contributed by atoms with Crippen LogP contribution in [-0.4, -0.2) is 82.9 Å². The van der Waals surface area contributed by atoms with Gasteiger partial charge in [0, 0.05) is 32.6 Å². The van der Waals surface area contributed by atoms with Gasteiger partial charge < -0.3 is 29.5 Å². The maximum atomic E-state index is 13.3. The maximum Gasteiger partial charge on any atom is 0.267 e. The van der Waals surface area contributed by atoms with Gasteiger partial charge in [-0.15, -0.1) is 0 Å². The molecule has 4 saturated carbocycles. The molecular weight excluding hydrogens is 568 g/mol. The molecule has 248 valence electrons. The van der Waals surface area contributed by atoms with Gasteiger partial charge in [0.2, 0.25) is 12.0 Å². The second-order valence-electron chi connectivity index (χ2n) is 16.0. The monoisotopic (exact) mass is 622 g/mol. The normalized spacial score (nSPS) is 41.4. The molecule has 0 bridgehead atoms. The minimum atomic E-state index is -0.649. The zero-order chi connectivity index (χ0) is 31.5. The van der Waals surface area contributed by atoms with Crippen LogP contribution in [0.25, 0.3) is 0 Å². The van der Waals surface area contributed by atoms with Gasteiger partial charge >= 0.3 is 0 Å². The van der Waals surface area contributed by atoms with Crippen LogP contribution in [0.15, 0.2) is 24.3 Å². The van der Waals surface area contributed by atoms with Crippen molar-refractivity contribution >= 4 is 11.8 Å². The first-order valence-electron chi connectivity index (χ1n) is 17.9. The minimum absolute atomic E-state index is 0.0716. The van der Waals surface area contributed by atoms with Crippen molar-refractivity contribution < 1.29 is 29.3 Å². The molecule has 1 aromatic carbocycles. The first-order valence-corrected chi connectivity index (χ1v) is 17.9. The van der Waals surface area contributed by atoms with Crippen LogP contribution >= 0.6 is 0 Å². The Morgan fingerprint density at radius 3 is 2.38 bits per heavy atom. The summed E-state index contributed by atoms with van der Waals surface area (Å²) < 4.78 is 11.7. The van der Waals surface area contributed by atoms with Gasteiger partial charge in [0.05, 0.1) is 12.2 Å². The van der Waals surface area contributed by atoms with E-state index in [-0.39, 0.29) is 41.5 Å². The van der Waals surface area contributed by atoms with Gasteiger partial charge in [0.1, 0.15) is 6.61 Å². The lowest BCUT2D eigenvalue weighted by atomic mass is 9.43. The van der Waals surface area contributed by atoms with Gasteiger partial charge in [-0.2, -0.15) is 0 Å². The second kappa shape index (κ2) is 12.0. The van der Waals surface area contributed by atoms with Crippen LogP contribution in [0.4, 0.5) is 0 Å². The number of ether oxygens (including phenoxy) is 2. The van der Waals surface area contributed by atoms with Crippen LogP contribution in [0.2, 0.25) is 0 Å². The summed E-state index contributed by atoms with van der Waals surface area (Å²) in [5, 5.41) is 21.9. The summed E-state index contributed by atoms with van der Waals surface area (Å²) in [5.41, 5.74) is 0.469. The molecule has 2 heterocycles. The van der Waals surface area contributed by atoms with E-state index in [1.807, 2.05) is 34.1 Å². The highest BCUT2D eigenvalue weighted by Gasteiger charge is 2.62. The number of aliphatic hydroxyl groups excluding tert-OH is 2. The lowest BCUT2D eigenvalue weighted by molar-refractivity contribution is -0.174. The Hall–Kier alpha value is -2.32. The predicted molar refractivity (Wildman–Crippen MR) is 171 cm³/mol. The number of nitrogens with zero attached hydrogens (tertiary/aromatic N) is 2. The summed E-state index contributed by atoms with van der Waals surface area (Å²) in [7, 11) is 0. The maximum absolute atomic E-state index is 13.3. The van der Waals surface area contributed by atoms with E-state index in [2.05, 4.69) is 20.8 Å². The van der Waals surface area contributed by atoms with Crippen molar-refractivity contribution in [3.8, 4) is 11.5 Å². The molecule has 0 aromatic heterocycles. The fourth-order valence-corrected chi connectivity index (χ4v) is 11.4. The van der Waals surface area contributed by atoms with Crippen LogP contribution in [0.5, 0.6) is 11.5 Å². The van der Waals surface area contributed by atoms with E-state index < -0.39 is 6.10 Å². The van der Waals surface area contributed by atoms with Crippen molar-refractivity contribution in [3.63, 3.8) is 0 Å². The molecule has 45 heavy (non-hydrogen) atoms. The Morgan fingerprint density at radius 2 is 1.60 bits per heavy atom.